The fourth-order valence-corrected chi connectivity index (χ4v) is 4.09. The highest BCUT2D eigenvalue weighted by Crippen LogP contribution is 2.35. The van der Waals surface area contributed by atoms with Gasteiger partial charge in [-0.15, -0.1) is 35.3 Å². The Morgan fingerprint density at radius 3 is 2.91 bits per heavy atom. The first-order valence-electron chi connectivity index (χ1n) is 8.25. The van der Waals surface area contributed by atoms with E-state index in [1.54, 1.807) is 11.3 Å². The van der Waals surface area contributed by atoms with Gasteiger partial charge in [-0.3, -0.25) is 4.99 Å². The largest absolute Gasteiger partial charge is 0.370 e. The van der Waals surface area contributed by atoms with E-state index in [0.29, 0.717) is 5.96 Å². The summed E-state index contributed by atoms with van der Waals surface area (Å²) in [5, 5.41) is 5.35. The first-order valence-corrected chi connectivity index (χ1v) is 9.13. The normalized spacial score (nSPS) is 25.2. The molecular weight excluding hydrogens is 419 g/mol. The summed E-state index contributed by atoms with van der Waals surface area (Å²) < 4.78 is 0. The molecule has 0 bridgehead atoms. The van der Waals surface area contributed by atoms with Gasteiger partial charge in [0.2, 0.25) is 0 Å². The standard InChI is InChI=1S/C17H30N4S.HI/c1-14-6-4-9-17(12-14,21(2)3)13-20-16(18)19-10-8-15-7-5-11-22-15;/h5,7,11,14H,4,6,8-10,12-13H2,1-3H3,(H3,18,19,20);1H. The number of thiophene rings is 1. The second kappa shape index (κ2) is 9.84. The summed E-state index contributed by atoms with van der Waals surface area (Å²) in [6, 6.07) is 4.24. The molecule has 0 aromatic carbocycles. The molecule has 0 aliphatic heterocycles. The minimum Gasteiger partial charge on any atom is -0.370 e. The topological polar surface area (TPSA) is 53.6 Å². The van der Waals surface area contributed by atoms with Crippen LogP contribution >= 0.6 is 35.3 Å². The molecule has 1 aromatic heterocycles. The van der Waals surface area contributed by atoms with E-state index in [1.807, 2.05) is 0 Å². The maximum absolute atomic E-state index is 6.05. The number of aliphatic imine (C=N–C) groups is 1. The molecule has 0 spiro atoms. The molecule has 6 heteroatoms. The Bertz CT molecular complexity index is 475. The van der Waals surface area contributed by atoms with Crippen LogP contribution in [0.1, 0.15) is 37.5 Å². The molecule has 1 fully saturated rings. The zero-order valence-electron chi connectivity index (χ0n) is 14.5. The molecule has 1 aliphatic carbocycles. The lowest BCUT2D eigenvalue weighted by atomic mass is 9.75. The third-order valence-corrected chi connectivity index (χ3v) is 5.75. The number of rotatable bonds is 6. The Balaban J connectivity index is 0.00000264. The van der Waals surface area contributed by atoms with Crippen molar-refractivity contribution in [3.05, 3.63) is 22.4 Å². The van der Waals surface area contributed by atoms with Crippen LogP contribution in [0.2, 0.25) is 0 Å². The Kier molecular flexibility index (Phi) is 8.85. The van der Waals surface area contributed by atoms with E-state index >= 15 is 0 Å². The summed E-state index contributed by atoms with van der Waals surface area (Å²) in [5.74, 6) is 1.36. The Labute approximate surface area is 161 Å². The quantitative estimate of drug-likeness (QED) is 0.397. The van der Waals surface area contributed by atoms with Crippen molar-refractivity contribution in [2.75, 3.05) is 27.2 Å². The van der Waals surface area contributed by atoms with E-state index in [-0.39, 0.29) is 29.5 Å². The number of hydrogen-bond donors (Lipinski definition) is 2. The maximum Gasteiger partial charge on any atom is 0.188 e. The summed E-state index contributed by atoms with van der Waals surface area (Å²) in [6.07, 6.45) is 6.07. The van der Waals surface area contributed by atoms with Gasteiger partial charge in [-0.1, -0.05) is 25.8 Å². The third kappa shape index (κ3) is 6.23. The van der Waals surface area contributed by atoms with Crippen molar-refractivity contribution in [2.24, 2.45) is 16.6 Å². The van der Waals surface area contributed by atoms with Crippen LogP contribution in [0.15, 0.2) is 22.5 Å². The van der Waals surface area contributed by atoms with Gasteiger partial charge in [0.05, 0.1) is 6.54 Å². The molecule has 3 N–H and O–H groups in total. The smallest absolute Gasteiger partial charge is 0.188 e. The van der Waals surface area contributed by atoms with Gasteiger partial charge in [0.15, 0.2) is 5.96 Å². The molecule has 2 atom stereocenters. The molecule has 132 valence electrons. The average Bonchev–Trinajstić information content (AvgIpc) is 2.98. The highest BCUT2D eigenvalue weighted by Gasteiger charge is 2.36. The molecule has 0 amide bonds. The third-order valence-electron chi connectivity index (χ3n) is 4.82. The highest BCUT2D eigenvalue weighted by atomic mass is 127. The fourth-order valence-electron chi connectivity index (χ4n) is 3.38. The van der Waals surface area contributed by atoms with E-state index in [0.717, 1.165) is 25.4 Å². The number of halogens is 1. The van der Waals surface area contributed by atoms with Crippen LogP contribution in [0.4, 0.5) is 0 Å². The lowest BCUT2D eigenvalue weighted by molar-refractivity contribution is 0.0845. The highest BCUT2D eigenvalue weighted by molar-refractivity contribution is 14.0. The number of nitrogens with two attached hydrogens (primary N) is 1. The molecule has 1 heterocycles. The molecule has 1 saturated carbocycles. The summed E-state index contributed by atoms with van der Waals surface area (Å²) in [7, 11) is 4.35. The van der Waals surface area contributed by atoms with Gasteiger partial charge in [-0.25, -0.2) is 0 Å². The number of likely N-dealkylation sites (N-methyl/N-ethyl adjacent to an activating group) is 1. The van der Waals surface area contributed by atoms with Crippen LogP contribution in [-0.4, -0.2) is 43.6 Å². The number of guanidine groups is 1. The molecule has 4 nitrogen and oxygen atoms in total. The second-order valence-corrected chi connectivity index (χ2v) is 7.81. The Morgan fingerprint density at radius 1 is 1.52 bits per heavy atom. The van der Waals surface area contributed by atoms with Gasteiger partial charge in [0, 0.05) is 17.0 Å². The summed E-state index contributed by atoms with van der Waals surface area (Å²) in [4.78, 5) is 8.37. The predicted molar refractivity (Wildman–Crippen MR) is 112 cm³/mol. The van der Waals surface area contributed by atoms with Crippen molar-refractivity contribution in [3.8, 4) is 0 Å². The lowest BCUT2D eigenvalue weighted by Gasteiger charge is -2.44. The Morgan fingerprint density at radius 2 is 2.30 bits per heavy atom. The van der Waals surface area contributed by atoms with E-state index in [9.17, 15) is 0 Å². The van der Waals surface area contributed by atoms with Gasteiger partial charge >= 0.3 is 0 Å². The minimum atomic E-state index is 0. The van der Waals surface area contributed by atoms with E-state index < -0.39 is 0 Å². The van der Waals surface area contributed by atoms with Crippen molar-refractivity contribution >= 4 is 41.3 Å². The van der Waals surface area contributed by atoms with Crippen LogP contribution in [0.5, 0.6) is 0 Å². The van der Waals surface area contributed by atoms with E-state index in [2.05, 4.69) is 53.7 Å². The minimum absolute atomic E-state index is 0. The molecule has 1 aliphatic rings. The van der Waals surface area contributed by atoms with Gasteiger partial charge in [-0.05, 0) is 50.7 Å². The molecule has 0 radical (unpaired) electrons. The SMILES string of the molecule is CC1CCCC(CN=C(N)NCCc2cccs2)(N(C)C)C1.I. The molecule has 2 unspecified atom stereocenters. The van der Waals surface area contributed by atoms with Crippen molar-refractivity contribution in [1.29, 1.82) is 0 Å². The molecule has 0 saturated heterocycles. The van der Waals surface area contributed by atoms with Gasteiger partial charge in [-0.2, -0.15) is 0 Å². The summed E-state index contributed by atoms with van der Waals surface area (Å²) in [6.45, 7) is 3.99. The van der Waals surface area contributed by atoms with Gasteiger partial charge < -0.3 is 16.0 Å². The molecule has 1 aromatic rings. The Hall–Kier alpha value is -0.340. The van der Waals surface area contributed by atoms with E-state index in [4.69, 9.17) is 5.73 Å². The summed E-state index contributed by atoms with van der Waals surface area (Å²) in [5.41, 5.74) is 6.23. The monoisotopic (exact) mass is 450 g/mol. The van der Waals surface area contributed by atoms with Crippen molar-refractivity contribution in [3.63, 3.8) is 0 Å². The van der Waals surface area contributed by atoms with Gasteiger partial charge in [0.25, 0.3) is 0 Å². The maximum atomic E-state index is 6.05. The predicted octanol–water partition coefficient (Wildman–Crippen LogP) is 3.32. The lowest BCUT2D eigenvalue weighted by Crippen LogP contribution is -2.50. The first-order chi connectivity index (χ1) is 10.5. The molecule has 2 rings (SSSR count). The first kappa shape index (κ1) is 20.7. The molecule has 23 heavy (non-hydrogen) atoms. The van der Waals surface area contributed by atoms with Crippen LogP contribution in [0.3, 0.4) is 0 Å². The molecular formula is C17H31IN4S. The van der Waals surface area contributed by atoms with Crippen LogP contribution in [-0.2, 0) is 6.42 Å². The van der Waals surface area contributed by atoms with Crippen LogP contribution in [0, 0.1) is 5.92 Å². The van der Waals surface area contributed by atoms with Crippen molar-refractivity contribution in [1.82, 2.24) is 10.2 Å². The zero-order chi connectivity index (χ0) is 16.0. The average molecular weight is 450 g/mol. The van der Waals surface area contributed by atoms with Gasteiger partial charge in [0.1, 0.15) is 0 Å². The van der Waals surface area contributed by atoms with Crippen LogP contribution in [0.25, 0.3) is 0 Å². The second-order valence-electron chi connectivity index (χ2n) is 6.78. The van der Waals surface area contributed by atoms with E-state index in [1.165, 1.54) is 30.6 Å². The van der Waals surface area contributed by atoms with Crippen LogP contribution < -0.4 is 11.1 Å². The zero-order valence-corrected chi connectivity index (χ0v) is 17.7. The number of hydrogen-bond acceptors (Lipinski definition) is 3. The van der Waals surface area contributed by atoms with Crippen molar-refractivity contribution in [2.45, 2.75) is 44.6 Å². The summed E-state index contributed by atoms with van der Waals surface area (Å²) >= 11 is 1.79. The number of nitrogens with zero attached hydrogens (tertiary/aromatic N) is 2. The van der Waals surface area contributed by atoms with Crippen molar-refractivity contribution < 1.29 is 0 Å². The fraction of sp³-hybridized carbons (Fsp3) is 0.706. The number of nitrogens with one attached hydrogen (secondary N) is 1.